The third kappa shape index (κ3) is 14.2. The molecular weight excluding hydrogens is 1290 g/mol. The fraction of sp³-hybridized carbons (Fsp3) is 0.178. The minimum absolute atomic E-state index is 0. The van der Waals surface area contributed by atoms with Crippen molar-refractivity contribution in [1.29, 1.82) is 0 Å². The van der Waals surface area contributed by atoms with Gasteiger partial charge in [0.15, 0.2) is 32.9 Å². The highest BCUT2D eigenvalue weighted by atomic mass is 32.2. The topological polar surface area (TPSA) is 228 Å². The standard InChI is InChI=1S/C24H22N6O2S.2C24H21N5O2S.CH4/c1-16-10-11-21-25-17(13-22(31)29(21)14-16)15-33-24-27-26-23(19-8-6-12-28(19)2)30(24)18-7-4-5-9-20(18)32-3;2*1-16-11-12-21-25-18(13-22(30)28(21)14-16)15-32-24-27-26-23(17-7-3-4-8-17)29(24)19-9-5-6-10-20(19)31-2;/h4-14H,15H2,1-3H3;2*3,5-14H,4,15H2,1-2H3;1H4. The number of ether oxygens (including phenoxy) is 3. The Hall–Kier alpha value is -11.2. The molecule has 22 nitrogen and oxygen atoms in total. The number of pyridine rings is 3. The summed E-state index contributed by atoms with van der Waals surface area (Å²) < 4.78 is 29.5. The van der Waals surface area contributed by atoms with Crippen molar-refractivity contribution in [2.45, 2.75) is 73.8 Å². The molecule has 0 saturated heterocycles. The summed E-state index contributed by atoms with van der Waals surface area (Å²) in [6.45, 7) is 5.85. The van der Waals surface area contributed by atoms with Gasteiger partial charge in [0.1, 0.15) is 34.2 Å². The van der Waals surface area contributed by atoms with E-state index in [0.717, 1.165) is 86.6 Å². The van der Waals surface area contributed by atoms with E-state index in [1.54, 1.807) is 71.3 Å². The van der Waals surface area contributed by atoms with Crippen LogP contribution in [0.15, 0.2) is 231 Å². The molecule has 0 atom stereocenters. The number of methoxy groups -OCH3 is 3. The van der Waals surface area contributed by atoms with Crippen LogP contribution in [0.1, 0.15) is 65.7 Å². The van der Waals surface area contributed by atoms with Gasteiger partial charge in [-0.1, -0.05) is 134 Å². The number of aromatic nitrogens is 16. The minimum Gasteiger partial charge on any atom is -0.495 e. The van der Waals surface area contributed by atoms with Crippen LogP contribution in [0.25, 0.3) is 56.7 Å². The molecule has 98 heavy (non-hydrogen) atoms. The molecule has 0 bridgehead atoms. The summed E-state index contributed by atoms with van der Waals surface area (Å²) in [5.74, 6) is 5.85. The number of rotatable bonds is 18. The first kappa shape index (κ1) is 66.9. The molecule has 15 rings (SSSR count). The maximum atomic E-state index is 12.6. The van der Waals surface area contributed by atoms with Crippen molar-refractivity contribution in [2.75, 3.05) is 21.3 Å². The first-order chi connectivity index (χ1) is 47.3. The van der Waals surface area contributed by atoms with Crippen LogP contribution in [0.3, 0.4) is 0 Å². The largest absolute Gasteiger partial charge is 0.495 e. The number of thioether (sulfide) groups is 3. The lowest BCUT2D eigenvalue weighted by atomic mass is 10.2. The highest BCUT2D eigenvalue weighted by molar-refractivity contribution is 7.98. The molecule has 0 radical (unpaired) electrons. The average Bonchev–Trinajstić information content (AvgIpc) is 1.63. The third-order valence-corrected chi connectivity index (χ3v) is 18.6. The molecule has 494 valence electrons. The summed E-state index contributed by atoms with van der Waals surface area (Å²) in [5, 5.41) is 28.9. The van der Waals surface area contributed by atoms with E-state index in [2.05, 4.69) is 82.0 Å². The van der Waals surface area contributed by atoms with Gasteiger partial charge in [0.2, 0.25) is 0 Å². The number of hydrogen-bond acceptors (Lipinski definition) is 18. The van der Waals surface area contributed by atoms with Gasteiger partial charge in [0.05, 0.1) is 61.2 Å². The molecule has 10 heterocycles. The Morgan fingerprint density at radius 1 is 0.429 bits per heavy atom. The van der Waals surface area contributed by atoms with E-state index >= 15 is 0 Å². The summed E-state index contributed by atoms with van der Waals surface area (Å²) in [5.41, 5.74) is 12.2. The molecule has 0 amide bonds. The molecule has 10 aromatic heterocycles. The van der Waals surface area contributed by atoms with Gasteiger partial charge in [-0.3, -0.25) is 41.3 Å². The van der Waals surface area contributed by atoms with Gasteiger partial charge in [-0.25, -0.2) is 15.0 Å². The Balaban J connectivity index is 0.000000139. The molecule has 0 fully saturated rings. The number of fused-ring (bicyclic) bond motifs is 3. The summed E-state index contributed by atoms with van der Waals surface area (Å²) in [6, 6.07) is 43.5. The fourth-order valence-electron chi connectivity index (χ4n) is 11.1. The number of aryl methyl sites for hydroxylation is 4. The fourth-order valence-corrected chi connectivity index (χ4v) is 13.6. The van der Waals surface area contributed by atoms with E-state index in [9.17, 15) is 14.4 Å². The number of nitrogens with zero attached hydrogens (tertiary/aromatic N) is 16. The lowest BCUT2D eigenvalue weighted by Crippen LogP contribution is -2.15. The van der Waals surface area contributed by atoms with Crippen molar-refractivity contribution < 1.29 is 14.2 Å². The maximum absolute atomic E-state index is 12.6. The summed E-state index contributed by atoms with van der Waals surface area (Å²) in [4.78, 5) is 51.7. The molecule has 0 unspecified atom stereocenters. The van der Waals surface area contributed by atoms with E-state index in [4.69, 9.17) is 14.2 Å². The predicted molar refractivity (Wildman–Crippen MR) is 386 cm³/mol. The maximum Gasteiger partial charge on any atom is 0.258 e. The number of hydrogen-bond donors (Lipinski definition) is 0. The molecule has 2 aliphatic rings. The smallest absolute Gasteiger partial charge is 0.258 e. The molecule has 2 aliphatic carbocycles. The quantitative estimate of drug-likeness (QED) is 0.0727. The Kier molecular flexibility index (Phi) is 20.4. The monoisotopic (exact) mass is 1360 g/mol. The van der Waals surface area contributed by atoms with Crippen LogP contribution in [0, 0.1) is 20.8 Å². The molecule has 3 aromatic carbocycles. The van der Waals surface area contributed by atoms with Crippen molar-refractivity contribution in [3.8, 4) is 45.8 Å². The van der Waals surface area contributed by atoms with Crippen LogP contribution in [-0.2, 0) is 24.3 Å². The molecule has 25 heteroatoms. The van der Waals surface area contributed by atoms with E-state index < -0.39 is 0 Å². The minimum atomic E-state index is -0.102. The van der Waals surface area contributed by atoms with Gasteiger partial charge < -0.3 is 18.8 Å². The van der Waals surface area contributed by atoms with E-state index in [1.165, 1.54) is 35.3 Å². The SMILES string of the molecule is C.COc1ccccc1-n1c(SCc2cc(=O)n3cc(C)ccc3n2)nnc1-c1cccn1C.COc1ccccc1-n1c(SCc2cc(=O)n3cc(C)ccc3n2)nnc1C1=CCC=C1.COc1ccccc1-n1c(SCc2cc(=O)n3cc(C)ccc3n2)nnc1C1=CCC=C1. The Labute approximate surface area is 576 Å². The average molecular weight is 1360 g/mol. The van der Waals surface area contributed by atoms with Gasteiger partial charge in [-0.15, -0.1) is 30.6 Å². The normalized spacial score (nSPS) is 12.3. The van der Waals surface area contributed by atoms with Crippen molar-refractivity contribution in [1.82, 2.24) is 77.0 Å². The number of allylic oxidation sites excluding steroid dienone is 8. The van der Waals surface area contributed by atoms with Gasteiger partial charge in [0.25, 0.3) is 16.7 Å². The second-order valence-corrected chi connectivity index (χ2v) is 25.3. The lowest BCUT2D eigenvalue weighted by molar-refractivity contribution is 0.412. The molecule has 13 aromatic rings. The molecule has 0 N–H and O–H groups in total. The second-order valence-electron chi connectivity index (χ2n) is 22.5. The highest BCUT2D eigenvalue weighted by Crippen LogP contribution is 2.37. The lowest BCUT2D eigenvalue weighted by Gasteiger charge is -2.14. The van der Waals surface area contributed by atoms with Crippen LogP contribution in [0.5, 0.6) is 17.2 Å². The van der Waals surface area contributed by atoms with Crippen LogP contribution >= 0.6 is 35.3 Å². The summed E-state index contributed by atoms with van der Waals surface area (Å²) in [7, 11) is 6.92. The first-order valence-electron chi connectivity index (χ1n) is 30.8. The number of para-hydroxylation sites is 6. The molecule has 0 aliphatic heterocycles. The van der Waals surface area contributed by atoms with Crippen molar-refractivity contribution in [3.63, 3.8) is 0 Å². The van der Waals surface area contributed by atoms with Crippen LogP contribution in [0.4, 0.5) is 0 Å². The van der Waals surface area contributed by atoms with Crippen LogP contribution < -0.4 is 30.9 Å². The van der Waals surface area contributed by atoms with Gasteiger partial charge in [0, 0.05) is 78.4 Å². The van der Waals surface area contributed by atoms with Gasteiger partial charge >= 0.3 is 0 Å². The van der Waals surface area contributed by atoms with Crippen molar-refractivity contribution in [3.05, 3.63) is 277 Å². The molecule has 0 saturated carbocycles. The summed E-state index contributed by atoms with van der Waals surface area (Å²) in [6.07, 6.45) is 21.7. The van der Waals surface area contributed by atoms with E-state index in [-0.39, 0.29) is 24.1 Å². The zero-order valence-electron chi connectivity index (χ0n) is 53.9. The van der Waals surface area contributed by atoms with E-state index in [0.29, 0.717) is 78.3 Å². The summed E-state index contributed by atoms with van der Waals surface area (Å²) >= 11 is 4.44. The van der Waals surface area contributed by atoms with Crippen LogP contribution in [0.2, 0.25) is 0 Å². The zero-order chi connectivity index (χ0) is 67.1. The van der Waals surface area contributed by atoms with Crippen molar-refractivity contribution in [2.24, 2.45) is 7.05 Å². The van der Waals surface area contributed by atoms with Crippen molar-refractivity contribution >= 4 is 63.4 Å². The Morgan fingerprint density at radius 2 is 0.776 bits per heavy atom. The predicted octanol–water partition coefficient (Wildman–Crippen LogP) is 13.0. The van der Waals surface area contributed by atoms with E-state index in [1.807, 2.05) is 174 Å². The highest BCUT2D eigenvalue weighted by Gasteiger charge is 2.25. The zero-order valence-corrected chi connectivity index (χ0v) is 56.4. The first-order valence-corrected chi connectivity index (χ1v) is 33.8. The molecular formula is C73H68N16O6S3. The van der Waals surface area contributed by atoms with Crippen LogP contribution in [-0.4, -0.2) is 98.3 Å². The Morgan fingerprint density at radius 3 is 1.10 bits per heavy atom. The number of benzene rings is 3. The van der Waals surface area contributed by atoms with Gasteiger partial charge in [-0.05, 0) is 117 Å². The van der Waals surface area contributed by atoms with Gasteiger partial charge in [-0.2, -0.15) is 0 Å². The molecule has 0 spiro atoms. The second kappa shape index (κ2) is 29.9. The Bertz CT molecular complexity index is 5220. The third-order valence-electron chi connectivity index (χ3n) is 15.7.